The molecule has 0 aliphatic heterocycles. The topological polar surface area (TPSA) is 37.3 Å². The predicted octanol–water partition coefficient (Wildman–Crippen LogP) is 3.22. The highest BCUT2D eigenvalue weighted by atomic mass is 16.4. The molecule has 2 heteroatoms. The maximum Gasteiger partial charge on any atom is 0.303 e. The molecule has 1 N–H and O–H groups in total. The quantitative estimate of drug-likeness (QED) is 0.501. The van der Waals surface area contributed by atoms with Crippen LogP contribution in [0.3, 0.4) is 0 Å². The minimum Gasteiger partial charge on any atom is -0.481 e. The van der Waals surface area contributed by atoms with Gasteiger partial charge in [0.05, 0.1) is 0 Å². The van der Waals surface area contributed by atoms with Gasteiger partial charge in [-0.25, -0.2) is 0 Å². The Labute approximate surface area is 86.7 Å². The lowest BCUT2D eigenvalue weighted by molar-refractivity contribution is -0.137. The summed E-state index contributed by atoms with van der Waals surface area (Å²) in [4.78, 5) is 10.2. The van der Waals surface area contributed by atoms with Gasteiger partial charge < -0.3 is 5.11 Å². The zero-order valence-corrected chi connectivity index (χ0v) is 9.01. The molecule has 14 heavy (non-hydrogen) atoms. The fourth-order valence-corrected chi connectivity index (χ4v) is 1.14. The molecule has 0 aromatic carbocycles. The van der Waals surface area contributed by atoms with Crippen LogP contribution in [0.4, 0.5) is 0 Å². The summed E-state index contributed by atoms with van der Waals surface area (Å²) in [7, 11) is 0. The molecular formula is C12H20O2. The molecule has 0 saturated carbocycles. The molecule has 0 heterocycles. The van der Waals surface area contributed by atoms with Crippen molar-refractivity contribution in [2.75, 3.05) is 0 Å². The zero-order chi connectivity index (χ0) is 10.6. The maximum atomic E-state index is 10.2. The SMILES string of the molecule is CCCCCCC#CCCCC(=O)O. The van der Waals surface area contributed by atoms with E-state index in [2.05, 4.69) is 18.8 Å². The van der Waals surface area contributed by atoms with Crippen LogP contribution in [0.25, 0.3) is 0 Å². The second-order valence-electron chi connectivity index (χ2n) is 3.41. The van der Waals surface area contributed by atoms with Crippen molar-refractivity contribution in [2.45, 2.75) is 58.3 Å². The van der Waals surface area contributed by atoms with Gasteiger partial charge in [-0.3, -0.25) is 4.79 Å². The van der Waals surface area contributed by atoms with Gasteiger partial charge in [-0.15, -0.1) is 11.8 Å². The standard InChI is InChI=1S/C12H20O2/c1-2-3-4-5-6-7-8-9-10-11-12(13)14/h2-6,9-11H2,1H3,(H,13,14). The molecule has 0 amide bonds. The number of unbranched alkanes of at least 4 members (excludes halogenated alkanes) is 5. The lowest BCUT2D eigenvalue weighted by Gasteiger charge is -1.92. The number of rotatable bonds is 7. The summed E-state index contributed by atoms with van der Waals surface area (Å²) in [5, 5.41) is 8.37. The maximum absolute atomic E-state index is 10.2. The van der Waals surface area contributed by atoms with Gasteiger partial charge in [0, 0.05) is 19.3 Å². The number of carboxylic acid groups (broad SMARTS) is 1. The Morgan fingerprint density at radius 2 is 1.71 bits per heavy atom. The Kier molecular flexibility index (Phi) is 9.41. The monoisotopic (exact) mass is 196 g/mol. The highest BCUT2D eigenvalue weighted by Crippen LogP contribution is 2.01. The van der Waals surface area contributed by atoms with Gasteiger partial charge >= 0.3 is 5.97 Å². The molecule has 0 radical (unpaired) electrons. The summed E-state index contributed by atoms with van der Waals surface area (Å²) < 4.78 is 0. The number of carboxylic acids is 1. The van der Waals surface area contributed by atoms with E-state index in [1.807, 2.05) is 0 Å². The van der Waals surface area contributed by atoms with Crippen molar-refractivity contribution in [1.29, 1.82) is 0 Å². The first-order valence-corrected chi connectivity index (χ1v) is 5.45. The van der Waals surface area contributed by atoms with Gasteiger partial charge in [-0.1, -0.05) is 26.2 Å². The highest BCUT2D eigenvalue weighted by molar-refractivity contribution is 5.66. The smallest absolute Gasteiger partial charge is 0.303 e. The van der Waals surface area contributed by atoms with Crippen LogP contribution in [-0.2, 0) is 4.79 Å². The number of carbonyl (C=O) groups is 1. The molecule has 0 aliphatic rings. The molecule has 80 valence electrons. The molecule has 0 rings (SSSR count). The number of hydrogen-bond acceptors (Lipinski definition) is 1. The minimum absolute atomic E-state index is 0.241. The molecule has 0 spiro atoms. The summed E-state index contributed by atoms with van der Waals surface area (Å²) in [5.74, 6) is 5.35. The van der Waals surface area contributed by atoms with E-state index in [0.29, 0.717) is 6.42 Å². The second-order valence-corrected chi connectivity index (χ2v) is 3.41. The van der Waals surface area contributed by atoms with E-state index in [4.69, 9.17) is 5.11 Å². The van der Waals surface area contributed by atoms with E-state index >= 15 is 0 Å². The van der Waals surface area contributed by atoms with E-state index in [1.165, 1.54) is 25.7 Å². The van der Waals surface area contributed by atoms with Crippen LogP contribution in [0, 0.1) is 11.8 Å². The van der Waals surface area contributed by atoms with E-state index in [-0.39, 0.29) is 6.42 Å². The van der Waals surface area contributed by atoms with Crippen molar-refractivity contribution < 1.29 is 9.90 Å². The van der Waals surface area contributed by atoms with Gasteiger partial charge in [0.15, 0.2) is 0 Å². The van der Waals surface area contributed by atoms with E-state index in [9.17, 15) is 4.79 Å². The van der Waals surface area contributed by atoms with Crippen LogP contribution < -0.4 is 0 Å². The first-order chi connectivity index (χ1) is 6.77. The fraction of sp³-hybridized carbons (Fsp3) is 0.750. The lowest BCUT2D eigenvalue weighted by Crippen LogP contribution is -1.92. The summed E-state index contributed by atoms with van der Waals surface area (Å²) in [5.41, 5.74) is 0. The van der Waals surface area contributed by atoms with Crippen molar-refractivity contribution in [3.8, 4) is 11.8 Å². The summed E-state index contributed by atoms with van der Waals surface area (Å²) in [6.45, 7) is 2.19. The number of aliphatic carboxylic acids is 1. The summed E-state index contributed by atoms with van der Waals surface area (Å²) in [6.07, 6.45) is 7.60. The van der Waals surface area contributed by atoms with Crippen molar-refractivity contribution in [2.24, 2.45) is 0 Å². The molecule has 0 aromatic heterocycles. The van der Waals surface area contributed by atoms with E-state index in [0.717, 1.165) is 12.8 Å². The van der Waals surface area contributed by atoms with Crippen LogP contribution in [0.1, 0.15) is 58.3 Å². The minimum atomic E-state index is -0.727. The van der Waals surface area contributed by atoms with Crippen LogP contribution in [0.15, 0.2) is 0 Å². The highest BCUT2D eigenvalue weighted by Gasteiger charge is 1.92. The second kappa shape index (κ2) is 10.1. The third-order valence-electron chi connectivity index (χ3n) is 1.97. The molecule has 0 unspecified atom stereocenters. The third kappa shape index (κ3) is 11.0. The van der Waals surface area contributed by atoms with Gasteiger partial charge in [-0.2, -0.15) is 0 Å². The molecule has 0 bridgehead atoms. The zero-order valence-electron chi connectivity index (χ0n) is 9.01. The largest absolute Gasteiger partial charge is 0.481 e. The van der Waals surface area contributed by atoms with Crippen molar-refractivity contribution >= 4 is 5.97 Å². The van der Waals surface area contributed by atoms with Gasteiger partial charge in [0.1, 0.15) is 0 Å². The first kappa shape index (κ1) is 13.0. The fourth-order valence-electron chi connectivity index (χ4n) is 1.14. The Hall–Kier alpha value is -0.970. The first-order valence-electron chi connectivity index (χ1n) is 5.45. The molecule has 0 saturated heterocycles. The Morgan fingerprint density at radius 1 is 1.07 bits per heavy atom. The van der Waals surface area contributed by atoms with E-state index < -0.39 is 5.97 Å². The molecule has 0 fully saturated rings. The summed E-state index contributed by atoms with van der Waals surface area (Å²) >= 11 is 0. The third-order valence-corrected chi connectivity index (χ3v) is 1.97. The Bertz CT molecular complexity index is 198. The average Bonchev–Trinajstić information content (AvgIpc) is 2.15. The van der Waals surface area contributed by atoms with Gasteiger partial charge in [-0.05, 0) is 12.8 Å². The van der Waals surface area contributed by atoms with Gasteiger partial charge in [0.25, 0.3) is 0 Å². The van der Waals surface area contributed by atoms with Crippen LogP contribution in [-0.4, -0.2) is 11.1 Å². The predicted molar refractivity (Wildman–Crippen MR) is 58.0 cm³/mol. The van der Waals surface area contributed by atoms with Gasteiger partial charge in [0.2, 0.25) is 0 Å². The molecule has 0 atom stereocenters. The Balaban J connectivity index is 3.14. The van der Waals surface area contributed by atoms with Crippen molar-refractivity contribution in [1.82, 2.24) is 0 Å². The molecule has 0 aliphatic carbocycles. The molecule has 2 nitrogen and oxygen atoms in total. The van der Waals surface area contributed by atoms with Crippen LogP contribution >= 0.6 is 0 Å². The normalized spacial score (nSPS) is 9.21. The van der Waals surface area contributed by atoms with Crippen LogP contribution in [0.5, 0.6) is 0 Å². The number of hydrogen-bond donors (Lipinski definition) is 1. The molecule has 0 aromatic rings. The van der Waals surface area contributed by atoms with E-state index in [1.54, 1.807) is 0 Å². The molecular weight excluding hydrogens is 176 g/mol. The van der Waals surface area contributed by atoms with Crippen molar-refractivity contribution in [3.05, 3.63) is 0 Å². The lowest BCUT2D eigenvalue weighted by atomic mass is 10.1. The van der Waals surface area contributed by atoms with Crippen molar-refractivity contribution in [3.63, 3.8) is 0 Å². The average molecular weight is 196 g/mol. The Morgan fingerprint density at radius 3 is 2.29 bits per heavy atom. The summed E-state index contributed by atoms with van der Waals surface area (Å²) in [6, 6.07) is 0. The van der Waals surface area contributed by atoms with Crippen LogP contribution in [0.2, 0.25) is 0 Å².